The topological polar surface area (TPSA) is 102 Å². The van der Waals surface area contributed by atoms with Crippen LogP contribution in [-0.4, -0.2) is 36.2 Å². The van der Waals surface area contributed by atoms with E-state index >= 15 is 0 Å². The third-order valence-corrected chi connectivity index (χ3v) is 6.62. The van der Waals surface area contributed by atoms with Gasteiger partial charge < -0.3 is 19.5 Å². The molecule has 180 valence electrons. The number of carboxylic acids is 1. The highest BCUT2D eigenvalue weighted by Gasteiger charge is 2.30. The van der Waals surface area contributed by atoms with Crippen LogP contribution in [0.5, 0.6) is 0 Å². The SMILES string of the molecule is CCOP(=O)(Cc1ccc(C(=O)N[C@H](Cc2ccc(C(F)(F)F)cc2)C(=O)O)cc1)OCC. The molecule has 2 N–H and O–H groups in total. The zero-order chi connectivity index (χ0) is 24.6. The quantitative estimate of drug-likeness (QED) is 0.438. The Kier molecular flexibility index (Phi) is 9.22. The van der Waals surface area contributed by atoms with E-state index in [1.54, 1.807) is 26.0 Å². The fourth-order valence-corrected chi connectivity index (χ4v) is 4.72. The minimum Gasteiger partial charge on any atom is -0.480 e. The molecule has 0 radical (unpaired) electrons. The lowest BCUT2D eigenvalue weighted by Gasteiger charge is -2.17. The van der Waals surface area contributed by atoms with Gasteiger partial charge in [0.2, 0.25) is 0 Å². The average molecular weight is 487 g/mol. The van der Waals surface area contributed by atoms with Gasteiger partial charge >= 0.3 is 19.7 Å². The lowest BCUT2D eigenvalue weighted by Crippen LogP contribution is -2.42. The van der Waals surface area contributed by atoms with Crippen LogP contribution in [0.4, 0.5) is 13.2 Å². The molecule has 0 aliphatic carbocycles. The van der Waals surface area contributed by atoms with Crippen LogP contribution in [0, 0.1) is 0 Å². The number of hydrogen-bond acceptors (Lipinski definition) is 5. The molecule has 0 aromatic heterocycles. The largest absolute Gasteiger partial charge is 0.480 e. The van der Waals surface area contributed by atoms with Crippen LogP contribution in [0.3, 0.4) is 0 Å². The molecule has 0 fully saturated rings. The summed E-state index contributed by atoms with van der Waals surface area (Å²) in [5.41, 5.74) is 0.255. The number of carboxylic acid groups (broad SMARTS) is 1. The zero-order valence-corrected chi connectivity index (χ0v) is 19.0. The van der Waals surface area contributed by atoms with Gasteiger partial charge in [0.05, 0.1) is 24.9 Å². The smallest absolute Gasteiger partial charge is 0.416 e. The molecule has 0 saturated heterocycles. The molecule has 0 aliphatic rings. The lowest BCUT2D eigenvalue weighted by atomic mass is 10.0. The number of aliphatic carboxylic acids is 1. The van der Waals surface area contributed by atoms with Gasteiger partial charge in [0.25, 0.3) is 5.91 Å². The summed E-state index contributed by atoms with van der Waals surface area (Å²) in [4.78, 5) is 24.1. The van der Waals surface area contributed by atoms with Gasteiger partial charge in [-0.15, -0.1) is 0 Å². The number of nitrogens with one attached hydrogen (secondary N) is 1. The summed E-state index contributed by atoms with van der Waals surface area (Å²) in [6.07, 6.45) is -4.67. The van der Waals surface area contributed by atoms with Crippen molar-refractivity contribution in [3.8, 4) is 0 Å². The molecule has 0 spiro atoms. The number of carbonyl (C=O) groups is 2. The summed E-state index contributed by atoms with van der Waals surface area (Å²) in [6, 6.07) is 8.74. The fourth-order valence-electron chi connectivity index (χ4n) is 3.01. The average Bonchev–Trinajstić information content (AvgIpc) is 2.73. The second-order valence-corrected chi connectivity index (χ2v) is 9.12. The normalized spacial score (nSPS) is 12.9. The van der Waals surface area contributed by atoms with E-state index in [0.29, 0.717) is 11.1 Å². The highest BCUT2D eigenvalue weighted by atomic mass is 31.2. The van der Waals surface area contributed by atoms with Gasteiger partial charge in [-0.3, -0.25) is 9.36 Å². The van der Waals surface area contributed by atoms with Crippen molar-refractivity contribution in [1.29, 1.82) is 0 Å². The number of alkyl halides is 3. The summed E-state index contributed by atoms with van der Waals surface area (Å²) in [5, 5.41) is 11.8. The van der Waals surface area contributed by atoms with E-state index in [4.69, 9.17) is 9.05 Å². The zero-order valence-electron chi connectivity index (χ0n) is 18.1. The van der Waals surface area contributed by atoms with E-state index < -0.39 is 37.3 Å². The van der Waals surface area contributed by atoms with E-state index in [-0.39, 0.29) is 31.4 Å². The Morgan fingerprint density at radius 3 is 1.94 bits per heavy atom. The predicted octanol–water partition coefficient (Wildman–Crippen LogP) is 4.90. The lowest BCUT2D eigenvalue weighted by molar-refractivity contribution is -0.139. The molecule has 11 heteroatoms. The van der Waals surface area contributed by atoms with Gasteiger partial charge in [-0.1, -0.05) is 24.3 Å². The van der Waals surface area contributed by atoms with Crippen molar-refractivity contribution < 1.29 is 41.5 Å². The number of benzene rings is 2. The van der Waals surface area contributed by atoms with Crippen molar-refractivity contribution in [2.45, 2.75) is 38.6 Å². The molecule has 0 aliphatic heterocycles. The van der Waals surface area contributed by atoms with Gasteiger partial charge in [-0.2, -0.15) is 13.2 Å². The molecule has 1 amide bonds. The number of hydrogen-bond donors (Lipinski definition) is 2. The summed E-state index contributed by atoms with van der Waals surface area (Å²) in [5.74, 6) is -1.99. The molecule has 0 heterocycles. The molecule has 2 aromatic rings. The number of amides is 1. The first kappa shape index (κ1) is 26.6. The van der Waals surface area contributed by atoms with Crippen LogP contribution in [0.15, 0.2) is 48.5 Å². The Balaban J connectivity index is 2.06. The Hall–Kier alpha value is -2.68. The summed E-state index contributed by atoms with van der Waals surface area (Å²) < 4.78 is 61.2. The first-order chi connectivity index (χ1) is 15.5. The maximum absolute atomic E-state index is 12.7. The van der Waals surface area contributed by atoms with E-state index in [9.17, 15) is 32.4 Å². The van der Waals surface area contributed by atoms with Crippen molar-refractivity contribution >= 4 is 19.5 Å². The maximum atomic E-state index is 12.7. The predicted molar refractivity (Wildman–Crippen MR) is 115 cm³/mol. The first-order valence-electron chi connectivity index (χ1n) is 10.1. The fraction of sp³-hybridized carbons (Fsp3) is 0.364. The van der Waals surface area contributed by atoms with Crippen LogP contribution >= 0.6 is 7.60 Å². The van der Waals surface area contributed by atoms with Crippen LogP contribution in [0.1, 0.15) is 40.9 Å². The monoisotopic (exact) mass is 487 g/mol. The van der Waals surface area contributed by atoms with E-state index in [2.05, 4.69) is 5.32 Å². The molecule has 1 atom stereocenters. The molecule has 7 nitrogen and oxygen atoms in total. The molecule has 0 bridgehead atoms. The van der Waals surface area contributed by atoms with Crippen LogP contribution < -0.4 is 5.32 Å². The standard InChI is InChI=1S/C22H25F3NO6P/c1-3-31-33(30,32-4-2)14-16-5-9-17(10-6-16)20(27)26-19(21(28)29)13-15-7-11-18(12-8-15)22(23,24)25/h5-12,19H,3-4,13-14H2,1-2H3,(H,26,27)(H,28,29)/t19-/m1/s1. The maximum Gasteiger partial charge on any atom is 0.416 e. The summed E-state index contributed by atoms with van der Waals surface area (Å²) >= 11 is 0. The Morgan fingerprint density at radius 1 is 0.970 bits per heavy atom. The van der Waals surface area contributed by atoms with Gasteiger partial charge in [0.15, 0.2) is 0 Å². The van der Waals surface area contributed by atoms with Crippen molar-refractivity contribution in [2.24, 2.45) is 0 Å². The summed E-state index contributed by atoms with van der Waals surface area (Å²) in [6.45, 7) is 3.83. The molecule has 2 aromatic carbocycles. The van der Waals surface area contributed by atoms with Crippen LogP contribution in [-0.2, 0) is 37.2 Å². The highest BCUT2D eigenvalue weighted by Crippen LogP contribution is 2.51. The Labute approximate surface area is 189 Å². The van der Waals surface area contributed by atoms with E-state index in [1.165, 1.54) is 24.3 Å². The Bertz CT molecular complexity index is 983. The minimum atomic E-state index is -4.50. The third kappa shape index (κ3) is 7.99. The molecule has 0 saturated carbocycles. The second kappa shape index (κ2) is 11.4. The summed E-state index contributed by atoms with van der Waals surface area (Å²) in [7, 11) is -3.32. The van der Waals surface area contributed by atoms with Crippen molar-refractivity contribution in [3.05, 3.63) is 70.8 Å². The van der Waals surface area contributed by atoms with Gasteiger partial charge in [0.1, 0.15) is 6.04 Å². The van der Waals surface area contributed by atoms with Gasteiger partial charge in [-0.25, -0.2) is 4.79 Å². The third-order valence-electron chi connectivity index (χ3n) is 4.57. The van der Waals surface area contributed by atoms with E-state index in [1.807, 2.05) is 0 Å². The number of carbonyl (C=O) groups excluding carboxylic acids is 1. The van der Waals surface area contributed by atoms with Crippen molar-refractivity contribution in [3.63, 3.8) is 0 Å². The van der Waals surface area contributed by atoms with E-state index in [0.717, 1.165) is 12.1 Å². The van der Waals surface area contributed by atoms with Crippen LogP contribution in [0.25, 0.3) is 0 Å². The second-order valence-electron chi connectivity index (χ2n) is 7.06. The Morgan fingerprint density at radius 2 is 1.48 bits per heavy atom. The van der Waals surface area contributed by atoms with Crippen molar-refractivity contribution in [1.82, 2.24) is 5.32 Å². The molecule has 2 rings (SSSR count). The van der Waals surface area contributed by atoms with Gasteiger partial charge in [-0.05, 0) is 49.2 Å². The molecular weight excluding hydrogens is 462 g/mol. The van der Waals surface area contributed by atoms with Crippen molar-refractivity contribution in [2.75, 3.05) is 13.2 Å². The molecule has 0 unspecified atom stereocenters. The molecule has 33 heavy (non-hydrogen) atoms. The van der Waals surface area contributed by atoms with Crippen LogP contribution in [0.2, 0.25) is 0 Å². The first-order valence-corrected chi connectivity index (χ1v) is 11.9. The molecular formula is C22H25F3NO6P. The number of rotatable bonds is 11. The number of halogens is 3. The highest BCUT2D eigenvalue weighted by molar-refractivity contribution is 7.53. The van der Waals surface area contributed by atoms with Gasteiger partial charge in [0, 0.05) is 12.0 Å². The minimum absolute atomic E-state index is 0.0161.